The second-order valence-electron chi connectivity index (χ2n) is 8.23. The third-order valence-electron chi connectivity index (χ3n) is 5.68. The molecule has 34 heavy (non-hydrogen) atoms. The molecule has 2 aromatic rings. The summed E-state index contributed by atoms with van der Waals surface area (Å²) in [6.07, 6.45) is -0.218. The Labute approximate surface area is 194 Å². The zero-order chi connectivity index (χ0) is 24.8. The predicted octanol–water partition coefficient (Wildman–Crippen LogP) is 5.24. The number of carbonyl (C=O) groups excluding carboxylic acids is 2. The number of nitrogens with zero attached hydrogens (tertiary/aromatic N) is 1. The molecule has 0 aliphatic heterocycles. The average Bonchev–Trinajstić information content (AvgIpc) is 3.04. The Morgan fingerprint density at radius 1 is 1.00 bits per heavy atom. The van der Waals surface area contributed by atoms with Crippen LogP contribution in [0.25, 0.3) is 0 Å². The molecule has 1 aliphatic carbocycles. The van der Waals surface area contributed by atoms with Crippen LogP contribution in [0, 0.1) is 17.1 Å². The summed E-state index contributed by atoms with van der Waals surface area (Å²) in [5, 5.41) is 17.1. The van der Waals surface area contributed by atoms with Gasteiger partial charge in [0, 0.05) is 16.9 Å². The Morgan fingerprint density at radius 2 is 1.65 bits per heavy atom. The van der Waals surface area contributed by atoms with Crippen LogP contribution in [0.1, 0.15) is 54.4 Å². The van der Waals surface area contributed by atoms with Gasteiger partial charge in [-0.3, -0.25) is 9.59 Å². The Balaban J connectivity index is 1.70. The topological polar surface area (TPSA) is 94.0 Å². The maximum atomic E-state index is 13.7. The molecule has 0 unspecified atom stereocenters. The molecule has 0 atom stereocenters. The lowest BCUT2D eigenvalue weighted by Crippen LogP contribution is -2.49. The monoisotopic (exact) mass is 476 g/mol. The Morgan fingerprint density at radius 3 is 2.24 bits per heavy atom. The van der Waals surface area contributed by atoms with E-state index in [0.29, 0.717) is 12.8 Å². The quantitative estimate of drug-likeness (QED) is 0.393. The third kappa shape index (κ3) is 6.47. The predicted molar refractivity (Wildman–Crippen MR) is 118 cm³/mol. The van der Waals surface area contributed by atoms with Gasteiger partial charge in [-0.1, -0.05) is 25.7 Å². The van der Waals surface area contributed by atoms with Gasteiger partial charge < -0.3 is 16.0 Å². The molecule has 10 heteroatoms. The highest BCUT2D eigenvalue weighted by Gasteiger charge is 2.35. The molecule has 3 rings (SSSR count). The van der Waals surface area contributed by atoms with Gasteiger partial charge >= 0.3 is 6.18 Å². The van der Waals surface area contributed by atoms with Crippen LogP contribution in [-0.2, 0) is 11.0 Å². The van der Waals surface area contributed by atoms with E-state index in [1.807, 2.05) is 0 Å². The van der Waals surface area contributed by atoms with Crippen molar-refractivity contribution in [2.45, 2.75) is 50.2 Å². The minimum atomic E-state index is -4.76. The van der Waals surface area contributed by atoms with Gasteiger partial charge in [0.1, 0.15) is 11.4 Å². The molecule has 0 bridgehead atoms. The first-order valence-electron chi connectivity index (χ1n) is 10.9. The summed E-state index contributed by atoms with van der Waals surface area (Å²) in [6, 6.07) is 9.86. The molecule has 3 N–H and O–H groups in total. The van der Waals surface area contributed by atoms with E-state index < -0.39 is 41.5 Å². The first-order valence-corrected chi connectivity index (χ1v) is 10.9. The summed E-state index contributed by atoms with van der Waals surface area (Å²) >= 11 is 0. The number of nitriles is 1. The van der Waals surface area contributed by atoms with Crippen molar-refractivity contribution >= 4 is 23.2 Å². The number of carbonyl (C=O) groups is 2. The van der Waals surface area contributed by atoms with E-state index in [-0.39, 0.29) is 16.9 Å². The van der Waals surface area contributed by atoms with Crippen LogP contribution in [0.2, 0.25) is 0 Å². The number of alkyl halides is 3. The van der Waals surface area contributed by atoms with Gasteiger partial charge in [-0.25, -0.2) is 4.39 Å². The van der Waals surface area contributed by atoms with E-state index >= 15 is 0 Å². The molecule has 180 valence electrons. The molecule has 1 saturated carbocycles. The summed E-state index contributed by atoms with van der Waals surface area (Å²) in [4.78, 5) is 24.7. The highest BCUT2D eigenvalue weighted by Crippen LogP contribution is 2.36. The minimum Gasteiger partial charge on any atom is -0.376 e. The van der Waals surface area contributed by atoms with Crippen molar-refractivity contribution in [3.63, 3.8) is 0 Å². The molecule has 0 radical (unpaired) electrons. The summed E-state index contributed by atoms with van der Waals surface area (Å²) in [6.45, 7) is -0.451. The molecule has 2 amide bonds. The third-order valence-corrected chi connectivity index (χ3v) is 5.68. The van der Waals surface area contributed by atoms with Crippen LogP contribution >= 0.6 is 0 Å². The van der Waals surface area contributed by atoms with Gasteiger partial charge in [0.15, 0.2) is 0 Å². The van der Waals surface area contributed by atoms with Crippen molar-refractivity contribution in [1.29, 1.82) is 5.26 Å². The van der Waals surface area contributed by atoms with E-state index in [4.69, 9.17) is 0 Å². The van der Waals surface area contributed by atoms with Crippen molar-refractivity contribution in [2.75, 3.05) is 17.2 Å². The Bertz CT molecular complexity index is 1070. The maximum Gasteiger partial charge on any atom is 0.418 e. The van der Waals surface area contributed by atoms with Crippen LogP contribution in [0.5, 0.6) is 0 Å². The number of rotatable bonds is 6. The van der Waals surface area contributed by atoms with Crippen molar-refractivity contribution < 1.29 is 27.2 Å². The zero-order valence-electron chi connectivity index (χ0n) is 18.3. The normalized spacial score (nSPS) is 15.5. The molecule has 0 saturated heterocycles. The largest absolute Gasteiger partial charge is 0.418 e. The lowest BCUT2D eigenvalue weighted by molar-refractivity contribution is -0.137. The first kappa shape index (κ1) is 25.0. The highest BCUT2D eigenvalue weighted by atomic mass is 19.4. The van der Waals surface area contributed by atoms with Gasteiger partial charge in [-0.2, -0.15) is 18.4 Å². The van der Waals surface area contributed by atoms with E-state index in [1.165, 1.54) is 18.2 Å². The number of hydrogen-bond acceptors (Lipinski definition) is 4. The van der Waals surface area contributed by atoms with Gasteiger partial charge in [0.2, 0.25) is 5.91 Å². The van der Waals surface area contributed by atoms with Crippen LogP contribution < -0.4 is 16.0 Å². The van der Waals surface area contributed by atoms with Crippen LogP contribution in [0.15, 0.2) is 42.5 Å². The maximum absolute atomic E-state index is 13.7. The molecule has 0 spiro atoms. The molecule has 2 aromatic carbocycles. The molecule has 1 aliphatic rings. The van der Waals surface area contributed by atoms with Gasteiger partial charge in [-0.05, 0) is 55.3 Å². The van der Waals surface area contributed by atoms with Crippen molar-refractivity contribution in [2.24, 2.45) is 0 Å². The number of amides is 2. The van der Waals surface area contributed by atoms with E-state index in [2.05, 4.69) is 22.0 Å². The second kappa shape index (κ2) is 10.5. The number of halogens is 4. The van der Waals surface area contributed by atoms with E-state index in [1.54, 1.807) is 0 Å². The van der Waals surface area contributed by atoms with Gasteiger partial charge in [0.05, 0.1) is 18.2 Å². The molecule has 1 fully saturated rings. The SMILES string of the molecule is N#CC1(NC(=O)CNc2ccc(NC(=O)c3ccc(F)cc3)cc2C(F)(F)F)CCCCCC1. The Hall–Kier alpha value is -3.61. The average molecular weight is 476 g/mol. The van der Waals surface area contributed by atoms with Crippen molar-refractivity contribution in [1.82, 2.24) is 5.32 Å². The number of anilines is 2. The summed E-state index contributed by atoms with van der Waals surface area (Å²) in [7, 11) is 0. The fourth-order valence-corrected chi connectivity index (χ4v) is 3.90. The fraction of sp³-hybridized carbons (Fsp3) is 0.375. The molecular weight excluding hydrogens is 452 g/mol. The van der Waals surface area contributed by atoms with Crippen LogP contribution in [0.3, 0.4) is 0 Å². The van der Waals surface area contributed by atoms with Crippen LogP contribution in [-0.4, -0.2) is 23.9 Å². The van der Waals surface area contributed by atoms with Crippen LogP contribution in [0.4, 0.5) is 28.9 Å². The highest BCUT2D eigenvalue weighted by molar-refractivity contribution is 6.04. The van der Waals surface area contributed by atoms with Crippen molar-refractivity contribution in [3.8, 4) is 6.07 Å². The smallest absolute Gasteiger partial charge is 0.376 e. The minimum absolute atomic E-state index is 0.0822. The number of benzene rings is 2. The fourth-order valence-electron chi connectivity index (χ4n) is 3.90. The van der Waals surface area contributed by atoms with Crippen molar-refractivity contribution in [3.05, 3.63) is 59.4 Å². The molecule has 0 heterocycles. The summed E-state index contributed by atoms with van der Waals surface area (Å²) in [5.41, 5.74) is -2.44. The zero-order valence-corrected chi connectivity index (χ0v) is 18.3. The Kier molecular flexibility index (Phi) is 7.76. The second-order valence-corrected chi connectivity index (χ2v) is 8.23. The molecular formula is C24H24F4N4O2. The summed E-state index contributed by atoms with van der Waals surface area (Å²) in [5.74, 6) is -1.82. The lowest BCUT2D eigenvalue weighted by Gasteiger charge is -2.26. The standard InChI is InChI=1S/C24H24F4N4O2/c25-17-7-5-16(6-8-17)22(34)31-18-9-10-20(19(13-18)24(26,27)28)30-14-21(33)32-23(15-29)11-3-1-2-4-12-23/h5-10,13,30H,1-4,11-12,14H2,(H,31,34)(H,32,33). The first-order chi connectivity index (χ1) is 16.1. The van der Waals surface area contributed by atoms with E-state index in [0.717, 1.165) is 49.9 Å². The van der Waals surface area contributed by atoms with E-state index in [9.17, 15) is 32.4 Å². The number of hydrogen-bond donors (Lipinski definition) is 3. The molecule has 0 aromatic heterocycles. The molecule has 6 nitrogen and oxygen atoms in total. The van der Waals surface area contributed by atoms with Gasteiger partial charge in [0.25, 0.3) is 5.91 Å². The lowest BCUT2D eigenvalue weighted by atomic mass is 9.92. The summed E-state index contributed by atoms with van der Waals surface area (Å²) < 4.78 is 54.0. The van der Waals surface area contributed by atoms with Gasteiger partial charge in [-0.15, -0.1) is 0 Å². The number of nitrogens with one attached hydrogen (secondary N) is 3.